The van der Waals surface area contributed by atoms with Gasteiger partial charge in [0.15, 0.2) is 0 Å². The van der Waals surface area contributed by atoms with Gasteiger partial charge in [-0.3, -0.25) is 0 Å². The van der Waals surface area contributed by atoms with Crippen molar-refractivity contribution in [1.82, 2.24) is 4.90 Å². The van der Waals surface area contributed by atoms with Crippen LogP contribution >= 0.6 is 0 Å². The summed E-state index contributed by atoms with van der Waals surface area (Å²) in [6.45, 7) is 4.09. The molecule has 0 bridgehead atoms. The quantitative estimate of drug-likeness (QED) is 0.684. The van der Waals surface area contributed by atoms with Crippen molar-refractivity contribution in [3.8, 4) is 0 Å². The molecular formula is C11H21NO2. The molecule has 1 aliphatic carbocycles. The van der Waals surface area contributed by atoms with Crippen LogP contribution in [0.1, 0.15) is 46.0 Å². The van der Waals surface area contributed by atoms with E-state index in [1.54, 1.807) is 0 Å². The van der Waals surface area contributed by atoms with Crippen LogP contribution in [-0.4, -0.2) is 30.2 Å². The molecule has 0 heterocycles. The summed E-state index contributed by atoms with van der Waals surface area (Å²) in [6, 6.07) is 0.641. The van der Waals surface area contributed by atoms with Crippen LogP contribution in [0.3, 0.4) is 0 Å². The summed E-state index contributed by atoms with van der Waals surface area (Å²) < 4.78 is 4.81. The summed E-state index contributed by atoms with van der Waals surface area (Å²) >= 11 is 0. The van der Waals surface area contributed by atoms with Crippen molar-refractivity contribution >= 4 is 6.09 Å². The van der Waals surface area contributed by atoms with E-state index >= 15 is 0 Å². The Balaban J connectivity index is 2.60. The maximum atomic E-state index is 11.6. The van der Waals surface area contributed by atoms with E-state index in [9.17, 15) is 4.79 Å². The summed E-state index contributed by atoms with van der Waals surface area (Å²) in [5, 5.41) is 0. The number of ether oxygens (including phenoxy) is 1. The number of hydrogen-bond donors (Lipinski definition) is 0. The molecule has 0 atom stereocenters. The first kappa shape index (κ1) is 11.3. The van der Waals surface area contributed by atoms with Crippen LogP contribution in [0.15, 0.2) is 0 Å². The predicted octanol–water partition coefficient (Wildman–Crippen LogP) is 2.80. The summed E-state index contributed by atoms with van der Waals surface area (Å²) in [5.74, 6) is 0. The van der Waals surface area contributed by atoms with E-state index in [2.05, 4.69) is 0 Å². The lowest BCUT2D eigenvalue weighted by Gasteiger charge is -2.36. The van der Waals surface area contributed by atoms with E-state index in [1.165, 1.54) is 26.4 Å². The zero-order valence-electron chi connectivity index (χ0n) is 9.45. The largest absolute Gasteiger partial charge is 0.453 e. The Morgan fingerprint density at radius 1 is 1.29 bits per heavy atom. The lowest BCUT2D eigenvalue weighted by Crippen LogP contribution is -2.45. The molecule has 0 aliphatic heterocycles. The first-order valence-corrected chi connectivity index (χ1v) is 5.53. The van der Waals surface area contributed by atoms with Crippen LogP contribution in [0.25, 0.3) is 0 Å². The van der Waals surface area contributed by atoms with Crippen molar-refractivity contribution in [2.45, 2.75) is 58.0 Å². The number of nitrogens with zero attached hydrogens (tertiary/aromatic N) is 1. The Morgan fingerprint density at radius 2 is 1.86 bits per heavy atom. The van der Waals surface area contributed by atoms with Crippen LogP contribution in [0.2, 0.25) is 0 Å². The zero-order chi connectivity index (χ0) is 10.6. The number of rotatable bonds is 2. The van der Waals surface area contributed by atoms with Gasteiger partial charge in [0.25, 0.3) is 0 Å². The van der Waals surface area contributed by atoms with Gasteiger partial charge in [-0.2, -0.15) is 0 Å². The number of methoxy groups -OCH3 is 1. The normalized spacial score (nSPS) is 18.3. The van der Waals surface area contributed by atoms with E-state index in [0.717, 1.165) is 12.8 Å². The summed E-state index contributed by atoms with van der Waals surface area (Å²) in [5.41, 5.74) is 0. The highest BCUT2D eigenvalue weighted by Crippen LogP contribution is 2.24. The monoisotopic (exact) mass is 199 g/mol. The number of hydrogen-bond acceptors (Lipinski definition) is 2. The second-order valence-corrected chi connectivity index (χ2v) is 4.26. The van der Waals surface area contributed by atoms with Gasteiger partial charge in [0, 0.05) is 12.1 Å². The zero-order valence-corrected chi connectivity index (χ0v) is 9.45. The Labute approximate surface area is 86.4 Å². The highest BCUT2D eigenvalue weighted by molar-refractivity contribution is 5.68. The Morgan fingerprint density at radius 3 is 2.29 bits per heavy atom. The third-order valence-electron chi connectivity index (χ3n) is 2.91. The molecular weight excluding hydrogens is 178 g/mol. The van der Waals surface area contributed by atoms with Crippen LogP contribution in [-0.2, 0) is 4.74 Å². The highest BCUT2D eigenvalue weighted by Gasteiger charge is 2.27. The molecule has 1 rings (SSSR count). The van der Waals surface area contributed by atoms with Crippen molar-refractivity contribution in [3.05, 3.63) is 0 Å². The van der Waals surface area contributed by atoms with Gasteiger partial charge in [-0.05, 0) is 26.7 Å². The van der Waals surface area contributed by atoms with E-state index in [-0.39, 0.29) is 12.1 Å². The van der Waals surface area contributed by atoms with Crippen molar-refractivity contribution < 1.29 is 9.53 Å². The molecule has 0 aromatic carbocycles. The average Bonchev–Trinajstić information content (AvgIpc) is 2.19. The Bertz CT molecular complexity index is 186. The second kappa shape index (κ2) is 5.23. The molecule has 0 aromatic heterocycles. The van der Waals surface area contributed by atoms with E-state index in [0.29, 0.717) is 6.04 Å². The van der Waals surface area contributed by atoms with Gasteiger partial charge in [-0.25, -0.2) is 4.79 Å². The van der Waals surface area contributed by atoms with Gasteiger partial charge in [0.05, 0.1) is 7.11 Å². The number of carbonyl (C=O) groups is 1. The third kappa shape index (κ3) is 2.63. The Kier molecular flexibility index (Phi) is 4.23. The molecule has 0 radical (unpaired) electrons. The van der Waals surface area contributed by atoms with Crippen LogP contribution in [0, 0.1) is 0 Å². The maximum absolute atomic E-state index is 11.6. The molecule has 0 saturated heterocycles. The highest BCUT2D eigenvalue weighted by atomic mass is 16.5. The van der Waals surface area contributed by atoms with Crippen LogP contribution in [0.4, 0.5) is 4.79 Å². The van der Waals surface area contributed by atoms with E-state index < -0.39 is 0 Å². The lowest BCUT2D eigenvalue weighted by molar-refractivity contribution is 0.0778. The second-order valence-electron chi connectivity index (χ2n) is 4.26. The average molecular weight is 199 g/mol. The number of carbonyl (C=O) groups excluding carboxylic acids is 1. The smallest absolute Gasteiger partial charge is 0.409 e. The molecule has 14 heavy (non-hydrogen) atoms. The molecule has 0 spiro atoms. The van der Waals surface area contributed by atoms with Crippen LogP contribution in [0.5, 0.6) is 0 Å². The van der Waals surface area contributed by atoms with Crippen molar-refractivity contribution in [1.29, 1.82) is 0 Å². The first-order valence-electron chi connectivity index (χ1n) is 5.53. The van der Waals surface area contributed by atoms with Crippen LogP contribution < -0.4 is 0 Å². The van der Waals surface area contributed by atoms with Crippen molar-refractivity contribution in [2.24, 2.45) is 0 Å². The van der Waals surface area contributed by atoms with Gasteiger partial charge in [-0.15, -0.1) is 0 Å². The molecule has 1 saturated carbocycles. The van der Waals surface area contributed by atoms with Gasteiger partial charge < -0.3 is 9.64 Å². The van der Waals surface area contributed by atoms with E-state index in [4.69, 9.17) is 4.74 Å². The first-order chi connectivity index (χ1) is 6.66. The minimum atomic E-state index is -0.174. The number of amides is 1. The molecule has 0 unspecified atom stereocenters. The molecule has 1 fully saturated rings. The minimum Gasteiger partial charge on any atom is -0.453 e. The fourth-order valence-electron chi connectivity index (χ4n) is 2.25. The maximum Gasteiger partial charge on any atom is 0.409 e. The summed E-state index contributed by atoms with van der Waals surface area (Å²) in [6.07, 6.45) is 5.88. The Hall–Kier alpha value is -0.730. The molecule has 0 N–H and O–H groups in total. The van der Waals surface area contributed by atoms with Crippen molar-refractivity contribution in [2.75, 3.05) is 7.11 Å². The van der Waals surface area contributed by atoms with Gasteiger partial charge >= 0.3 is 6.09 Å². The van der Waals surface area contributed by atoms with Gasteiger partial charge in [0.2, 0.25) is 0 Å². The summed E-state index contributed by atoms with van der Waals surface area (Å²) in [7, 11) is 1.46. The lowest BCUT2D eigenvalue weighted by atomic mass is 9.94. The molecule has 3 nitrogen and oxygen atoms in total. The molecule has 1 aliphatic rings. The minimum absolute atomic E-state index is 0.174. The molecule has 1 amide bonds. The van der Waals surface area contributed by atoms with Gasteiger partial charge in [-0.1, -0.05) is 19.3 Å². The van der Waals surface area contributed by atoms with Gasteiger partial charge in [0.1, 0.15) is 0 Å². The SMILES string of the molecule is COC(=O)N(C(C)C)C1CCCCC1. The topological polar surface area (TPSA) is 29.5 Å². The standard InChI is InChI=1S/C11H21NO2/c1-9(2)12(11(13)14-3)10-7-5-4-6-8-10/h9-10H,4-8H2,1-3H3. The van der Waals surface area contributed by atoms with E-state index in [1.807, 2.05) is 18.7 Å². The van der Waals surface area contributed by atoms with Crippen molar-refractivity contribution in [3.63, 3.8) is 0 Å². The fraction of sp³-hybridized carbons (Fsp3) is 0.909. The fourth-order valence-corrected chi connectivity index (χ4v) is 2.25. The third-order valence-corrected chi connectivity index (χ3v) is 2.91. The predicted molar refractivity (Wildman–Crippen MR) is 56.3 cm³/mol. The molecule has 3 heteroatoms. The summed E-state index contributed by atoms with van der Waals surface area (Å²) in [4.78, 5) is 13.4. The molecule has 82 valence electrons. The molecule has 0 aromatic rings.